The summed E-state index contributed by atoms with van der Waals surface area (Å²) in [5.74, 6) is 0. The van der Waals surface area contributed by atoms with Gasteiger partial charge in [0.1, 0.15) is 0 Å². The van der Waals surface area contributed by atoms with E-state index < -0.39 is 0 Å². The van der Waals surface area contributed by atoms with Gasteiger partial charge >= 0.3 is 0 Å². The maximum Gasteiger partial charge on any atom is 0.0701 e. The number of nitrogens with two attached hydrogens (primary N) is 1. The summed E-state index contributed by atoms with van der Waals surface area (Å²) in [6.07, 6.45) is 7.64. The smallest absolute Gasteiger partial charge is 0.0701 e. The molecule has 0 aliphatic heterocycles. The summed E-state index contributed by atoms with van der Waals surface area (Å²) in [7, 11) is 0. The number of hydrogen-bond donors (Lipinski definition) is 1. The van der Waals surface area contributed by atoms with Crippen LogP contribution in [0.2, 0.25) is 0 Å². The van der Waals surface area contributed by atoms with Gasteiger partial charge in [0.2, 0.25) is 0 Å². The van der Waals surface area contributed by atoms with Crippen molar-refractivity contribution in [3.63, 3.8) is 0 Å². The van der Waals surface area contributed by atoms with Gasteiger partial charge in [-0.25, -0.2) is 0 Å². The topological polar surface area (TPSA) is 66.6 Å². The molecule has 1 heterocycles. The Bertz CT molecular complexity index is 361. The third-order valence-electron chi connectivity index (χ3n) is 3.06. The zero-order valence-electron chi connectivity index (χ0n) is 13.1. The van der Waals surface area contributed by atoms with Crippen LogP contribution in [-0.4, -0.2) is 44.6 Å². The zero-order valence-corrected chi connectivity index (χ0v) is 13.1. The molecule has 2 N–H and O–H groups in total. The van der Waals surface area contributed by atoms with Gasteiger partial charge < -0.3 is 19.9 Å². The van der Waals surface area contributed by atoms with E-state index in [-0.39, 0.29) is 0 Å². The van der Waals surface area contributed by atoms with E-state index in [9.17, 15) is 0 Å². The van der Waals surface area contributed by atoms with Crippen molar-refractivity contribution in [3.05, 3.63) is 24.0 Å². The molecule has 5 heteroatoms. The van der Waals surface area contributed by atoms with E-state index in [1.54, 1.807) is 6.20 Å². The van der Waals surface area contributed by atoms with Crippen LogP contribution < -0.4 is 5.73 Å². The summed E-state index contributed by atoms with van der Waals surface area (Å²) in [6, 6.07) is 1.83. The molecule has 1 aromatic rings. The summed E-state index contributed by atoms with van der Waals surface area (Å²) in [6.45, 7) is 6.24. The number of pyridine rings is 1. The quantitative estimate of drug-likeness (QED) is 0.566. The Balaban J connectivity index is 1.84. The van der Waals surface area contributed by atoms with Crippen molar-refractivity contribution in [2.45, 2.75) is 32.6 Å². The molecule has 21 heavy (non-hydrogen) atoms. The highest BCUT2D eigenvalue weighted by Gasteiger charge is 1.98. The molecular formula is C16H28N2O3. The Hall–Kier alpha value is -1.17. The predicted molar refractivity (Wildman–Crippen MR) is 84.3 cm³/mol. The van der Waals surface area contributed by atoms with Crippen molar-refractivity contribution in [2.75, 3.05) is 45.4 Å². The van der Waals surface area contributed by atoms with Crippen molar-refractivity contribution in [1.29, 1.82) is 0 Å². The first-order valence-corrected chi connectivity index (χ1v) is 7.76. The highest BCUT2D eigenvalue weighted by molar-refractivity contribution is 5.44. The van der Waals surface area contributed by atoms with Crippen LogP contribution in [0.1, 0.15) is 31.7 Å². The Morgan fingerprint density at radius 2 is 1.57 bits per heavy atom. The number of aryl methyl sites for hydroxylation is 1. The average Bonchev–Trinajstić information content (AvgIpc) is 2.50. The fourth-order valence-corrected chi connectivity index (χ4v) is 1.80. The molecule has 120 valence electrons. The van der Waals surface area contributed by atoms with Crippen LogP contribution in [0.4, 0.5) is 5.69 Å². The highest BCUT2D eigenvalue weighted by atomic mass is 16.5. The Morgan fingerprint density at radius 3 is 2.19 bits per heavy atom. The van der Waals surface area contributed by atoms with Gasteiger partial charge in [-0.15, -0.1) is 0 Å². The monoisotopic (exact) mass is 296 g/mol. The SMILES string of the molecule is CCCCOCCOCCOCCCc1cnccc1N. The van der Waals surface area contributed by atoms with Crippen LogP contribution in [-0.2, 0) is 20.6 Å². The highest BCUT2D eigenvalue weighted by Crippen LogP contribution is 2.10. The number of rotatable bonds is 13. The fourth-order valence-electron chi connectivity index (χ4n) is 1.80. The normalized spacial score (nSPS) is 10.9. The van der Waals surface area contributed by atoms with Crippen molar-refractivity contribution in [1.82, 2.24) is 4.98 Å². The van der Waals surface area contributed by atoms with Crippen LogP contribution in [0.25, 0.3) is 0 Å². The van der Waals surface area contributed by atoms with Crippen molar-refractivity contribution >= 4 is 5.69 Å². The number of nitrogen functional groups attached to an aromatic ring is 1. The molecule has 0 spiro atoms. The van der Waals surface area contributed by atoms with Gasteiger partial charge in [-0.3, -0.25) is 4.98 Å². The summed E-state index contributed by atoms with van der Waals surface area (Å²) in [5.41, 5.74) is 7.73. The molecule has 0 amide bonds. The van der Waals surface area contributed by atoms with Crippen molar-refractivity contribution in [2.24, 2.45) is 0 Å². The maximum atomic E-state index is 5.85. The van der Waals surface area contributed by atoms with E-state index in [4.69, 9.17) is 19.9 Å². The Labute approximate surface area is 127 Å². The molecular weight excluding hydrogens is 268 g/mol. The summed E-state index contributed by atoms with van der Waals surface area (Å²) in [4.78, 5) is 4.07. The predicted octanol–water partition coefficient (Wildman–Crippen LogP) is 2.45. The first-order valence-electron chi connectivity index (χ1n) is 7.76. The number of anilines is 1. The second-order valence-corrected chi connectivity index (χ2v) is 4.87. The first kappa shape index (κ1) is 17.9. The van der Waals surface area contributed by atoms with Crippen molar-refractivity contribution in [3.8, 4) is 0 Å². The van der Waals surface area contributed by atoms with E-state index in [2.05, 4.69) is 11.9 Å². The lowest BCUT2D eigenvalue weighted by Gasteiger charge is -2.07. The van der Waals surface area contributed by atoms with E-state index in [0.29, 0.717) is 33.0 Å². The van der Waals surface area contributed by atoms with Gasteiger partial charge in [-0.2, -0.15) is 0 Å². The fraction of sp³-hybridized carbons (Fsp3) is 0.688. The largest absolute Gasteiger partial charge is 0.398 e. The molecule has 0 saturated heterocycles. The van der Waals surface area contributed by atoms with Gasteiger partial charge in [-0.1, -0.05) is 13.3 Å². The minimum Gasteiger partial charge on any atom is -0.398 e. The molecule has 0 radical (unpaired) electrons. The third-order valence-corrected chi connectivity index (χ3v) is 3.06. The second-order valence-electron chi connectivity index (χ2n) is 4.87. The number of nitrogens with zero attached hydrogens (tertiary/aromatic N) is 1. The van der Waals surface area contributed by atoms with Gasteiger partial charge in [0.05, 0.1) is 26.4 Å². The van der Waals surface area contributed by atoms with Gasteiger partial charge in [0.15, 0.2) is 0 Å². The summed E-state index contributed by atoms with van der Waals surface area (Å²) in [5, 5.41) is 0. The number of hydrogen-bond acceptors (Lipinski definition) is 5. The summed E-state index contributed by atoms with van der Waals surface area (Å²) < 4.78 is 16.3. The van der Waals surface area contributed by atoms with Crippen LogP contribution in [0.3, 0.4) is 0 Å². The lowest BCUT2D eigenvalue weighted by atomic mass is 10.1. The Morgan fingerprint density at radius 1 is 0.952 bits per heavy atom. The molecule has 1 aromatic heterocycles. The molecule has 0 bridgehead atoms. The lowest BCUT2D eigenvalue weighted by molar-refractivity contribution is 0.0137. The second kappa shape index (κ2) is 12.6. The van der Waals surface area contributed by atoms with Gasteiger partial charge in [0, 0.05) is 31.3 Å². The lowest BCUT2D eigenvalue weighted by Crippen LogP contribution is -2.10. The minimum absolute atomic E-state index is 0.617. The Kier molecular flexibility index (Phi) is 10.7. The molecule has 5 nitrogen and oxygen atoms in total. The molecule has 0 aliphatic rings. The third kappa shape index (κ3) is 9.39. The van der Waals surface area contributed by atoms with Gasteiger partial charge in [-0.05, 0) is 30.9 Å². The number of ether oxygens (including phenoxy) is 3. The van der Waals surface area contributed by atoms with Crippen LogP contribution in [0.15, 0.2) is 18.5 Å². The molecule has 0 saturated carbocycles. The van der Waals surface area contributed by atoms with Crippen LogP contribution >= 0.6 is 0 Å². The molecule has 0 unspecified atom stereocenters. The average molecular weight is 296 g/mol. The maximum absolute atomic E-state index is 5.85. The zero-order chi connectivity index (χ0) is 15.2. The van der Waals surface area contributed by atoms with Crippen LogP contribution in [0.5, 0.6) is 0 Å². The standard InChI is InChI=1S/C16H28N2O3/c1-2-3-8-19-10-12-21-13-11-20-9-4-5-15-14-18-7-6-16(15)17/h6-7,14H,2-5,8-13H2,1H3,(H2,17,18). The van der Waals surface area contributed by atoms with E-state index in [0.717, 1.165) is 37.1 Å². The van der Waals surface area contributed by atoms with Gasteiger partial charge in [0.25, 0.3) is 0 Å². The molecule has 0 aliphatic carbocycles. The minimum atomic E-state index is 0.617. The molecule has 0 aromatic carbocycles. The number of unbranched alkanes of at least 4 members (excludes halogenated alkanes) is 1. The van der Waals surface area contributed by atoms with E-state index >= 15 is 0 Å². The summed E-state index contributed by atoms with van der Waals surface area (Å²) >= 11 is 0. The van der Waals surface area contributed by atoms with Crippen LogP contribution in [0, 0.1) is 0 Å². The number of aromatic nitrogens is 1. The van der Waals surface area contributed by atoms with E-state index in [1.165, 1.54) is 6.42 Å². The molecule has 0 atom stereocenters. The van der Waals surface area contributed by atoms with Crippen molar-refractivity contribution < 1.29 is 14.2 Å². The molecule has 1 rings (SSSR count). The first-order chi connectivity index (χ1) is 10.3. The molecule has 0 fully saturated rings. The van der Waals surface area contributed by atoms with E-state index in [1.807, 2.05) is 12.3 Å².